The zero-order chi connectivity index (χ0) is 13.8. The van der Waals surface area contributed by atoms with E-state index in [2.05, 4.69) is 33.3 Å². The lowest BCUT2D eigenvalue weighted by atomic mass is 9.90. The van der Waals surface area contributed by atoms with Gasteiger partial charge in [0.2, 0.25) is 0 Å². The monoisotopic (exact) mass is 329 g/mol. The van der Waals surface area contributed by atoms with Crippen LogP contribution in [-0.2, 0) is 24.6 Å². The third-order valence-corrected chi connectivity index (χ3v) is 4.97. The normalized spacial score (nSPS) is 21.6. The maximum absolute atomic E-state index is 5.62. The van der Waals surface area contributed by atoms with E-state index in [4.69, 9.17) is 4.74 Å². The van der Waals surface area contributed by atoms with Gasteiger partial charge in [-0.1, -0.05) is 6.92 Å². The highest BCUT2D eigenvalue weighted by Gasteiger charge is 2.25. The lowest BCUT2D eigenvalue weighted by molar-refractivity contribution is 0.0402. The molecule has 1 N–H and O–H groups in total. The van der Waals surface area contributed by atoms with Gasteiger partial charge in [0.1, 0.15) is 0 Å². The Morgan fingerprint density at radius 1 is 1.58 bits per heavy atom. The van der Waals surface area contributed by atoms with Crippen molar-refractivity contribution in [3.05, 3.63) is 15.9 Å². The quantitative estimate of drug-likeness (QED) is 0.900. The maximum atomic E-state index is 5.62. The molecule has 5 heteroatoms. The molecule has 0 spiro atoms. The van der Waals surface area contributed by atoms with Crippen molar-refractivity contribution in [3.63, 3.8) is 0 Å². The fraction of sp³-hybridized carbons (Fsp3) is 0.786. The third-order valence-electron chi connectivity index (χ3n) is 4.05. The lowest BCUT2D eigenvalue weighted by Crippen LogP contribution is -2.40. The van der Waals surface area contributed by atoms with E-state index in [-0.39, 0.29) is 0 Å². The summed E-state index contributed by atoms with van der Waals surface area (Å²) in [6.45, 7) is 3.94. The van der Waals surface area contributed by atoms with Crippen LogP contribution in [0.3, 0.4) is 0 Å². The van der Waals surface area contributed by atoms with E-state index in [1.54, 1.807) is 0 Å². The molecule has 4 nitrogen and oxygen atoms in total. The summed E-state index contributed by atoms with van der Waals surface area (Å²) in [5.41, 5.74) is 2.43. The van der Waals surface area contributed by atoms with Gasteiger partial charge < -0.3 is 10.1 Å². The zero-order valence-electron chi connectivity index (χ0n) is 12.1. The molecule has 1 aromatic heterocycles. The number of aromatic nitrogens is 2. The molecule has 0 radical (unpaired) electrons. The molecule has 1 aliphatic heterocycles. The molecule has 2 rings (SSSR count). The number of halogens is 1. The molecule has 0 aromatic carbocycles. The topological polar surface area (TPSA) is 39.1 Å². The number of aryl methyl sites for hydroxylation is 2. The van der Waals surface area contributed by atoms with Gasteiger partial charge in [0, 0.05) is 26.1 Å². The smallest absolute Gasteiger partial charge is 0.0766 e. The van der Waals surface area contributed by atoms with Crippen LogP contribution in [-0.4, -0.2) is 36.1 Å². The molecule has 0 saturated carbocycles. The Morgan fingerprint density at radius 2 is 2.37 bits per heavy atom. The van der Waals surface area contributed by atoms with E-state index < -0.39 is 0 Å². The number of likely N-dealkylation sites (N-methyl/N-ethyl adjacent to an activating group) is 1. The van der Waals surface area contributed by atoms with Crippen LogP contribution in [0.25, 0.3) is 0 Å². The summed E-state index contributed by atoms with van der Waals surface area (Å²) in [5, 5.41) is 8.03. The molecule has 1 aromatic rings. The second kappa shape index (κ2) is 6.86. The maximum Gasteiger partial charge on any atom is 0.0766 e. The van der Waals surface area contributed by atoms with Crippen LogP contribution in [0, 0.1) is 5.92 Å². The fourth-order valence-electron chi connectivity index (χ4n) is 2.84. The summed E-state index contributed by atoms with van der Waals surface area (Å²) in [5.74, 6) is 0.602. The van der Waals surface area contributed by atoms with Gasteiger partial charge in [-0.2, -0.15) is 5.10 Å². The minimum atomic E-state index is 0.455. The molecule has 2 heterocycles. The van der Waals surface area contributed by atoms with Crippen molar-refractivity contribution in [1.29, 1.82) is 0 Å². The van der Waals surface area contributed by atoms with Crippen LogP contribution in [0.4, 0.5) is 0 Å². The van der Waals surface area contributed by atoms with Crippen molar-refractivity contribution in [3.8, 4) is 0 Å². The first kappa shape index (κ1) is 15.0. The zero-order valence-corrected chi connectivity index (χ0v) is 13.7. The van der Waals surface area contributed by atoms with Gasteiger partial charge in [-0.05, 0) is 48.2 Å². The number of nitrogens with one attached hydrogen (secondary N) is 1. The van der Waals surface area contributed by atoms with Gasteiger partial charge in [-0.25, -0.2) is 0 Å². The summed E-state index contributed by atoms with van der Waals surface area (Å²) in [6.07, 6.45) is 4.39. The van der Waals surface area contributed by atoms with E-state index in [1.807, 2.05) is 18.8 Å². The van der Waals surface area contributed by atoms with Crippen molar-refractivity contribution in [2.75, 3.05) is 20.3 Å². The molecule has 1 saturated heterocycles. The van der Waals surface area contributed by atoms with Crippen LogP contribution in [0.5, 0.6) is 0 Å². The summed E-state index contributed by atoms with van der Waals surface area (Å²) in [4.78, 5) is 0. The molecule has 0 aliphatic carbocycles. The largest absolute Gasteiger partial charge is 0.381 e. The van der Waals surface area contributed by atoms with E-state index in [0.29, 0.717) is 12.0 Å². The molecule has 19 heavy (non-hydrogen) atoms. The van der Waals surface area contributed by atoms with Crippen molar-refractivity contribution in [2.24, 2.45) is 13.0 Å². The average molecular weight is 330 g/mol. The van der Waals surface area contributed by atoms with Gasteiger partial charge in [-0.3, -0.25) is 4.68 Å². The van der Waals surface area contributed by atoms with E-state index in [9.17, 15) is 0 Å². The first-order valence-corrected chi connectivity index (χ1v) is 7.91. The van der Waals surface area contributed by atoms with Gasteiger partial charge in [0.05, 0.1) is 22.5 Å². The third kappa shape index (κ3) is 3.38. The minimum Gasteiger partial charge on any atom is -0.381 e. The predicted octanol–water partition coefficient (Wildman–Crippen LogP) is 2.30. The van der Waals surface area contributed by atoms with Gasteiger partial charge >= 0.3 is 0 Å². The number of hydrogen-bond donors (Lipinski definition) is 1. The van der Waals surface area contributed by atoms with Crippen LogP contribution < -0.4 is 5.32 Å². The Hall–Kier alpha value is -0.390. The SMILES string of the molecule is CCc1nn(C)c(CC(NC)C2CCCOC2)c1Br. The fourth-order valence-corrected chi connectivity index (χ4v) is 3.62. The Labute approximate surface area is 124 Å². The van der Waals surface area contributed by atoms with Crippen molar-refractivity contribution >= 4 is 15.9 Å². The van der Waals surface area contributed by atoms with Crippen LogP contribution >= 0.6 is 15.9 Å². The Bertz CT molecular complexity index is 413. The van der Waals surface area contributed by atoms with Crippen LogP contribution in [0.15, 0.2) is 4.47 Å². The summed E-state index contributed by atoms with van der Waals surface area (Å²) >= 11 is 3.70. The molecular weight excluding hydrogens is 306 g/mol. The molecular formula is C14H24BrN3O. The number of nitrogens with zero attached hydrogens (tertiary/aromatic N) is 2. The highest BCUT2D eigenvalue weighted by atomic mass is 79.9. The van der Waals surface area contributed by atoms with E-state index >= 15 is 0 Å². The number of ether oxygens (including phenoxy) is 1. The van der Waals surface area contributed by atoms with E-state index in [0.717, 1.165) is 31.7 Å². The van der Waals surface area contributed by atoms with Gasteiger partial charge in [0.15, 0.2) is 0 Å². The summed E-state index contributed by atoms with van der Waals surface area (Å²) in [7, 11) is 4.08. The highest BCUT2D eigenvalue weighted by Crippen LogP contribution is 2.26. The second-order valence-corrected chi connectivity index (χ2v) is 6.05. The predicted molar refractivity (Wildman–Crippen MR) is 80.4 cm³/mol. The second-order valence-electron chi connectivity index (χ2n) is 5.26. The molecule has 2 atom stereocenters. The Balaban J connectivity index is 2.11. The summed E-state index contributed by atoms with van der Waals surface area (Å²) < 4.78 is 8.80. The highest BCUT2D eigenvalue weighted by molar-refractivity contribution is 9.10. The molecule has 1 fully saturated rings. The van der Waals surface area contributed by atoms with Crippen LogP contribution in [0.1, 0.15) is 31.2 Å². The molecule has 2 unspecified atom stereocenters. The van der Waals surface area contributed by atoms with Gasteiger partial charge in [-0.15, -0.1) is 0 Å². The summed E-state index contributed by atoms with van der Waals surface area (Å²) in [6, 6.07) is 0.455. The molecule has 0 bridgehead atoms. The van der Waals surface area contributed by atoms with Crippen molar-refractivity contribution in [1.82, 2.24) is 15.1 Å². The minimum absolute atomic E-state index is 0.455. The average Bonchev–Trinajstić information content (AvgIpc) is 2.72. The Kier molecular flexibility index (Phi) is 5.42. The first-order chi connectivity index (χ1) is 9.17. The van der Waals surface area contributed by atoms with Gasteiger partial charge in [0.25, 0.3) is 0 Å². The molecule has 0 amide bonds. The first-order valence-electron chi connectivity index (χ1n) is 7.12. The van der Waals surface area contributed by atoms with Crippen molar-refractivity contribution in [2.45, 2.75) is 38.6 Å². The Morgan fingerprint density at radius 3 is 2.89 bits per heavy atom. The van der Waals surface area contributed by atoms with E-state index in [1.165, 1.54) is 23.0 Å². The number of hydrogen-bond acceptors (Lipinski definition) is 3. The van der Waals surface area contributed by atoms with Crippen LogP contribution in [0.2, 0.25) is 0 Å². The lowest BCUT2D eigenvalue weighted by Gasteiger charge is -2.30. The van der Waals surface area contributed by atoms with Crippen molar-refractivity contribution < 1.29 is 4.74 Å². The number of rotatable bonds is 5. The standard InChI is InChI=1S/C14H24BrN3O/c1-4-11-14(15)13(18(3)17-11)8-12(16-2)10-6-5-7-19-9-10/h10,12,16H,4-9H2,1-3H3. The molecule has 108 valence electrons. The molecule has 1 aliphatic rings.